The zero-order valence-corrected chi connectivity index (χ0v) is 13.6. The molecule has 124 valence electrons. The van der Waals surface area contributed by atoms with Gasteiger partial charge < -0.3 is 14.8 Å². The fourth-order valence-corrected chi connectivity index (χ4v) is 2.65. The lowest BCUT2D eigenvalue weighted by molar-refractivity contribution is -0.126. The van der Waals surface area contributed by atoms with E-state index in [9.17, 15) is 14.4 Å². The summed E-state index contributed by atoms with van der Waals surface area (Å²) in [6.45, 7) is 2.74. The molecule has 1 fully saturated rings. The first-order valence-electron chi connectivity index (χ1n) is 7.19. The van der Waals surface area contributed by atoms with Gasteiger partial charge in [-0.2, -0.15) is 0 Å². The number of hydrogen-bond donors (Lipinski definition) is 1. The number of amides is 3. The van der Waals surface area contributed by atoms with Crippen molar-refractivity contribution in [3.8, 4) is 11.5 Å². The van der Waals surface area contributed by atoms with Crippen LogP contribution < -0.4 is 14.8 Å². The van der Waals surface area contributed by atoms with Gasteiger partial charge in [0.25, 0.3) is 11.1 Å². The van der Waals surface area contributed by atoms with E-state index in [0.717, 1.165) is 22.4 Å². The minimum absolute atomic E-state index is 0.134. The number of carbonyl (C=O) groups is 3. The Kier molecular flexibility index (Phi) is 6.28. The maximum atomic E-state index is 11.7. The predicted octanol–water partition coefficient (Wildman–Crippen LogP) is 1.28. The molecule has 1 heterocycles. The summed E-state index contributed by atoms with van der Waals surface area (Å²) < 4.78 is 10.7. The summed E-state index contributed by atoms with van der Waals surface area (Å²) in [5.74, 6) is 0.936. The minimum Gasteiger partial charge on any atom is -0.494 e. The van der Waals surface area contributed by atoms with Crippen LogP contribution in [0.25, 0.3) is 0 Å². The second-order valence-electron chi connectivity index (χ2n) is 4.64. The molecule has 0 saturated carbocycles. The van der Waals surface area contributed by atoms with E-state index in [2.05, 4.69) is 5.32 Å². The van der Waals surface area contributed by atoms with Crippen LogP contribution in [0, 0.1) is 0 Å². The van der Waals surface area contributed by atoms with Crippen molar-refractivity contribution in [2.45, 2.75) is 6.92 Å². The number of thioether (sulfide) groups is 1. The van der Waals surface area contributed by atoms with Crippen molar-refractivity contribution >= 4 is 28.8 Å². The van der Waals surface area contributed by atoms with Gasteiger partial charge in [-0.1, -0.05) is 11.8 Å². The van der Waals surface area contributed by atoms with E-state index in [-0.39, 0.29) is 42.5 Å². The Labute approximate surface area is 138 Å². The fourth-order valence-electron chi connectivity index (χ4n) is 1.90. The Morgan fingerprint density at radius 2 is 1.87 bits per heavy atom. The quantitative estimate of drug-likeness (QED) is 0.768. The number of nitrogens with zero attached hydrogens (tertiary/aromatic N) is 1. The van der Waals surface area contributed by atoms with Gasteiger partial charge in [0.1, 0.15) is 11.5 Å². The van der Waals surface area contributed by atoms with E-state index >= 15 is 0 Å². The maximum Gasteiger partial charge on any atom is 0.288 e. The molecule has 2 rings (SSSR count). The smallest absolute Gasteiger partial charge is 0.288 e. The van der Waals surface area contributed by atoms with Crippen molar-refractivity contribution in [1.29, 1.82) is 0 Å². The van der Waals surface area contributed by atoms with Crippen molar-refractivity contribution in [3.05, 3.63) is 24.3 Å². The Morgan fingerprint density at radius 3 is 2.43 bits per heavy atom. The second-order valence-corrected chi connectivity index (χ2v) is 5.57. The highest BCUT2D eigenvalue weighted by Gasteiger charge is 2.29. The highest BCUT2D eigenvalue weighted by Crippen LogP contribution is 2.18. The van der Waals surface area contributed by atoms with Crippen molar-refractivity contribution in [1.82, 2.24) is 10.2 Å². The van der Waals surface area contributed by atoms with Gasteiger partial charge in [-0.15, -0.1) is 0 Å². The van der Waals surface area contributed by atoms with E-state index < -0.39 is 0 Å². The molecule has 8 heteroatoms. The first-order valence-corrected chi connectivity index (χ1v) is 8.18. The van der Waals surface area contributed by atoms with Crippen LogP contribution in [0.5, 0.6) is 11.5 Å². The van der Waals surface area contributed by atoms with E-state index in [1.807, 2.05) is 6.92 Å². The number of hydrogen-bond acceptors (Lipinski definition) is 6. The molecular weight excluding hydrogens is 320 g/mol. The molecule has 7 nitrogen and oxygen atoms in total. The Hall–Kier alpha value is -2.22. The molecule has 3 amide bonds. The third-order valence-corrected chi connectivity index (χ3v) is 3.86. The lowest BCUT2D eigenvalue weighted by Crippen LogP contribution is -2.38. The van der Waals surface area contributed by atoms with Crippen molar-refractivity contribution < 1.29 is 23.9 Å². The zero-order valence-electron chi connectivity index (χ0n) is 12.7. The lowest BCUT2D eigenvalue weighted by Gasteiger charge is -2.13. The SMILES string of the molecule is CCOc1ccc(OCC(=O)NCCN2C(=O)CSC2=O)cc1. The van der Waals surface area contributed by atoms with E-state index in [1.54, 1.807) is 24.3 Å². The van der Waals surface area contributed by atoms with Gasteiger partial charge in [0.2, 0.25) is 5.91 Å². The van der Waals surface area contributed by atoms with E-state index in [0.29, 0.717) is 12.4 Å². The molecule has 1 aliphatic heterocycles. The van der Waals surface area contributed by atoms with Gasteiger partial charge in [0.05, 0.1) is 12.4 Å². The van der Waals surface area contributed by atoms with Gasteiger partial charge in [0, 0.05) is 13.1 Å². The summed E-state index contributed by atoms with van der Waals surface area (Å²) in [5, 5.41) is 2.34. The van der Waals surface area contributed by atoms with Crippen LogP contribution in [0.1, 0.15) is 6.92 Å². The molecule has 0 radical (unpaired) electrons. The lowest BCUT2D eigenvalue weighted by atomic mass is 10.3. The molecular formula is C15H18N2O5S. The number of benzene rings is 1. The van der Waals surface area contributed by atoms with Gasteiger partial charge in [0.15, 0.2) is 6.61 Å². The van der Waals surface area contributed by atoms with Crippen molar-refractivity contribution in [3.63, 3.8) is 0 Å². The molecule has 1 N–H and O–H groups in total. The first kappa shape index (κ1) is 17.1. The number of rotatable bonds is 8. The monoisotopic (exact) mass is 338 g/mol. The molecule has 1 aromatic carbocycles. The molecule has 1 aliphatic rings. The predicted molar refractivity (Wildman–Crippen MR) is 85.7 cm³/mol. The fraction of sp³-hybridized carbons (Fsp3) is 0.400. The minimum atomic E-state index is -0.314. The molecule has 0 bridgehead atoms. The van der Waals surface area contributed by atoms with Crippen LogP contribution in [0.4, 0.5) is 4.79 Å². The summed E-state index contributed by atoms with van der Waals surface area (Å²) >= 11 is 0.974. The topological polar surface area (TPSA) is 84.9 Å². The van der Waals surface area contributed by atoms with Crippen molar-refractivity contribution in [2.75, 3.05) is 32.1 Å². The van der Waals surface area contributed by atoms with Gasteiger partial charge >= 0.3 is 0 Å². The molecule has 0 spiro atoms. The largest absolute Gasteiger partial charge is 0.494 e. The van der Waals surface area contributed by atoms with E-state index in [1.165, 1.54) is 0 Å². The Morgan fingerprint density at radius 1 is 1.22 bits per heavy atom. The highest BCUT2D eigenvalue weighted by atomic mass is 32.2. The number of nitrogens with one attached hydrogen (secondary N) is 1. The van der Waals surface area contributed by atoms with Crippen LogP contribution in [-0.2, 0) is 9.59 Å². The number of ether oxygens (including phenoxy) is 2. The molecule has 0 atom stereocenters. The van der Waals surface area contributed by atoms with Crippen LogP contribution in [0.15, 0.2) is 24.3 Å². The second kappa shape index (κ2) is 8.42. The highest BCUT2D eigenvalue weighted by molar-refractivity contribution is 8.14. The summed E-state index contributed by atoms with van der Waals surface area (Å²) in [5.41, 5.74) is 0. The molecule has 0 aromatic heterocycles. The average Bonchev–Trinajstić information content (AvgIpc) is 2.86. The number of imide groups is 1. The zero-order chi connectivity index (χ0) is 16.7. The Balaban J connectivity index is 1.66. The summed E-state index contributed by atoms with van der Waals surface area (Å²) in [4.78, 5) is 35.6. The van der Waals surface area contributed by atoms with Crippen LogP contribution in [0.3, 0.4) is 0 Å². The van der Waals surface area contributed by atoms with Crippen molar-refractivity contribution in [2.24, 2.45) is 0 Å². The third kappa shape index (κ3) is 5.17. The summed E-state index contributed by atoms with van der Waals surface area (Å²) in [6, 6.07) is 6.96. The number of carbonyl (C=O) groups excluding carboxylic acids is 3. The van der Waals surface area contributed by atoms with E-state index in [4.69, 9.17) is 9.47 Å². The molecule has 1 saturated heterocycles. The summed E-state index contributed by atoms with van der Waals surface area (Å²) in [7, 11) is 0. The molecule has 0 unspecified atom stereocenters. The normalized spacial score (nSPS) is 14.0. The molecule has 1 aromatic rings. The Bertz CT molecular complexity index is 560. The van der Waals surface area contributed by atoms with Gasteiger partial charge in [-0.05, 0) is 31.2 Å². The molecule has 23 heavy (non-hydrogen) atoms. The maximum absolute atomic E-state index is 11.7. The van der Waals surface area contributed by atoms with Crippen LogP contribution in [0.2, 0.25) is 0 Å². The van der Waals surface area contributed by atoms with Gasteiger partial charge in [-0.25, -0.2) is 0 Å². The summed E-state index contributed by atoms with van der Waals surface area (Å²) in [6.07, 6.45) is 0. The van der Waals surface area contributed by atoms with Gasteiger partial charge in [-0.3, -0.25) is 19.3 Å². The average molecular weight is 338 g/mol. The molecule has 0 aliphatic carbocycles. The standard InChI is InChI=1S/C15H18N2O5S/c1-2-21-11-3-5-12(6-4-11)22-9-13(18)16-7-8-17-14(19)10-23-15(17)20/h3-6H,2,7-10H2,1H3,(H,16,18). The third-order valence-electron chi connectivity index (χ3n) is 3.00. The first-order chi connectivity index (χ1) is 11.1. The van der Waals surface area contributed by atoms with Crippen LogP contribution in [-0.4, -0.2) is 54.0 Å². The van der Waals surface area contributed by atoms with Crippen LogP contribution >= 0.6 is 11.8 Å².